The van der Waals surface area contributed by atoms with E-state index in [9.17, 15) is 18.3 Å². The summed E-state index contributed by atoms with van der Waals surface area (Å²) in [5.74, 6) is -0.997. The lowest BCUT2D eigenvalue weighted by atomic mass is 9.83. The van der Waals surface area contributed by atoms with Gasteiger partial charge in [-0.15, -0.1) is 0 Å². The Kier molecular flexibility index (Phi) is 5.78. The van der Waals surface area contributed by atoms with Gasteiger partial charge in [0.25, 0.3) is 0 Å². The van der Waals surface area contributed by atoms with E-state index in [1.807, 2.05) is 0 Å². The number of hydrogen-bond donors (Lipinski definition) is 2. The second kappa shape index (κ2) is 6.77. The zero-order chi connectivity index (χ0) is 16.3. The van der Waals surface area contributed by atoms with Crippen LogP contribution in [0.15, 0.2) is 23.1 Å². The Morgan fingerprint density at radius 3 is 2.33 bits per heavy atom. The van der Waals surface area contributed by atoms with Crippen molar-refractivity contribution in [3.63, 3.8) is 0 Å². The molecule has 1 aromatic rings. The number of nitrogens with one attached hydrogen (secondary N) is 1. The molecule has 0 aromatic heterocycles. The van der Waals surface area contributed by atoms with Crippen LogP contribution in [0.4, 0.5) is 0 Å². The van der Waals surface area contributed by atoms with Crippen molar-refractivity contribution >= 4 is 27.6 Å². The highest BCUT2D eigenvalue weighted by Crippen LogP contribution is 2.27. The van der Waals surface area contributed by atoms with Crippen LogP contribution in [0.3, 0.4) is 0 Å². The zero-order valence-electron chi connectivity index (χ0n) is 12.3. The molecule has 0 amide bonds. The second-order valence-electron chi connectivity index (χ2n) is 5.03. The molecule has 0 aliphatic carbocycles. The lowest BCUT2D eigenvalue weighted by Gasteiger charge is -2.26. The van der Waals surface area contributed by atoms with Crippen LogP contribution in [-0.2, 0) is 14.8 Å². The van der Waals surface area contributed by atoms with Gasteiger partial charge in [0.1, 0.15) is 0 Å². The number of sulfonamides is 1. The molecule has 0 fully saturated rings. The van der Waals surface area contributed by atoms with Gasteiger partial charge in [-0.2, -0.15) is 0 Å². The molecular weight excluding hydrogens is 314 g/mol. The van der Waals surface area contributed by atoms with Gasteiger partial charge in [-0.3, -0.25) is 4.79 Å². The fourth-order valence-electron chi connectivity index (χ4n) is 2.10. The van der Waals surface area contributed by atoms with Gasteiger partial charge in [0.15, 0.2) is 0 Å². The Hall–Kier alpha value is -1.11. The van der Waals surface area contributed by atoms with Crippen LogP contribution < -0.4 is 4.72 Å². The summed E-state index contributed by atoms with van der Waals surface area (Å²) in [5.41, 5.74) is -0.572. The van der Waals surface area contributed by atoms with Crippen molar-refractivity contribution in [3.05, 3.63) is 28.8 Å². The summed E-state index contributed by atoms with van der Waals surface area (Å²) >= 11 is 5.81. The van der Waals surface area contributed by atoms with Gasteiger partial charge in [0.05, 0.1) is 10.3 Å². The molecule has 0 saturated carbocycles. The van der Waals surface area contributed by atoms with Crippen LogP contribution in [0.1, 0.15) is 32.3 Å². The Balaban J connectivity index is 3.03. The first kappa shape index (κ1) is 17.9. The van der Waals surface area contributed by atoms with E-state index in [-0.39, 0.29) is 11.4 Å². The maximum Gasteiger partial charge on any atom is 0.310 e. The van der Waals surface area contributed by atoms with Crippen molar-refractivity contribution < 1.29 is 18.3 Å². The molecule has 0 unspecified atom stereocenters. The Morgan fingerprint density at radius 2 is 1.90 bits per heavy atom. The van der Waals surface area contributed by atoms with Gasteiger partial charge in [-0.25, -0.2) is 13.1 Å². The number of carbonyl (C=O) groups is 1. The monoisotopic (exact) mass is 333 g/mol. The van der Waals surface area contributed by atoms with E-state index in [0.717, 1.165) is 0 Å². The second-order valence-corrected chi connectivity index (χ2v) is 7.20. The van der Waals surface area contributed by atoms with Crippen molar-refractivity contribution in [1.29, 1.82) is 0 Å². The molecule has 21 heavy (non-hydrogen) atoms. The van der Waals surface area contributed by atoms with E-state index in [4.69, 9.17) is 11.6 Å². The summed E-state index contributed by atoms with van der Waals surface area (Å²) in [6.45, 7) is 4.98. The predicted octanol–water partition coefficient (Wildman–Crippen LogP) is 2.82. The number of rotatable bonds is 7. The number of halogens is 1. The van der Waals surface area contributed by atoms with E-state index in [0.29, 0.717) is 23.4 Å². The Labute approximate surface area is 130 Å². The largest absolute Gasteiger partial charge is 0.481 e. The number of aliphatic carboxylic acids is 1. The molecule has 5 nitrogen and oxygen atoms in total. The Bertz CT molecular complexity index is 624. The van der Waals surface area contributed by atoms with Crippen molar-refractivity contribution in [2.45, 2.75) is 38.5 Å². The van der Waals surface area contributed by atoms with E-state index in [2.05, 4.69) is 4.72 Å². The number of hydrogen-bond acceptors (Lipinski definition) is 3. The summed E-state index contributed by atoms with van der Waals surface area (Å²) in [7, 11) is -3.77. The van der Waals surface area contributed by atoms with Gasteiger partial charge in [-0.05, 0) is 43.5 Å². The molecule has 0 heterocycles. The molecule has 1 aromatic carbocycles. The molecule has 0 aliphatic heterocycles. The fraction of sp³-hybridized carbons (Fsp3) is 0.500. The van der Waals surface area contributed by atoms with Crippen LogP contribution in [0, 0.1) is 12.3 Å². The molecule has 7 heteroatoms. The normalized spacial score (nSPS) is 12.4. The first-order valence-corrected chi connectivity index (χ1v) is 8.54. The molecule has 0 saturated heterocycles. The SMILES string of the molecule is CCC(CC)(CNS(=O)(=O)c1ccc(Cl)cc1C)C(=O)O. The topological polar surface area (TPSA) is 83.5 Å². The minimum atomic E-state index is -3.77. The fourth-order valence-corrected chi connectivity index (χ4v) is 3.68. The maximum absolute atomic E-state index is 12.3. The molecule has 0 radical (unpaired) electrons. The number of carboxylic acid groups (broad SMARTS) is 1. The third-order valence-corrected chi connectivity index (χ3v) is 5.63. The lowest BCUT2D eigenvalue weighted by molar-refractivity contribution is -0.149. The van der Waals surface area contributed by atoms with E-state index >= 15 is 0 Å². The first-order valence-electron chi connectivity index (χ1n) is 6.67. The highest BCUT2D eigenvalue weighted by Gasteiger charge is 2.36. The van der Waals surface area contributed by atoms with Gasteiger partial charge >= 0.3 is 5.97 Å². The predicted molar refractivity (Wildman–Crippen MR) is 82.0 cm³/mol. The zero-order valence-corrected chi connectivity index (χ0v) is 13.9. The maximum atomic E-state index is 12.3. The minimum Gasteiger partial charge on any atom is -0.481 e. The van der Waals surface area contributed by atoms with Crippen molar-refractivity contribution in [1.82, 2.24) is 4.72 Å². The summed E-state index contributed by atoms with van der Waals surface area (Å²) in [5, 5.41) is 9.78. The first-order chi connectivity index (χ1) is 9.68. The van der Waals surface area contributed by atoms with Crippen molar-refractivity contribution in [3.8, 4) is 0 Å². The summed E-state index contributed by atoms with van der Waals surface area (Å²) in [6, 6.07) is 4.47. The van der Waals surface area contributed by atoms with Crippen LogP contribution in [0.25, 0.3) is 0 Å². The smallest absolute Gasteiger partial charge is 0.310 e. The molecule has 0 bridgehead atoms. The van der Waals surface area contributed by atoms with Crippen LogP contribution >= 0.6 is 11.6 Å². The molecule has 118 valence electrons. The molecule has 2 N–H and O–H groups in total. The van der Waals surface area contributed by atoms with Crippen molar-refractivity contribution in [2.24, 2.45) is 5.41 Å². The van der Waals surface area contributed by atoms with Crippen LogP contribution in [-0.4, -0.2) is 26.0 Å². The van der Waals surface area contributed by atoms with Crippen LogP contribution in [0.2, 0.25) is 5.02 Å². The van der Waals surface area contributed by atoms with E-state index in [1.54, 1.807) is 26.8 Å². The minimum absolute atomic E-state index is 0.110. The summed E-state index contributed by atoms with van der Waals surface area (Å²) in [4.78, 5) is 11.5. The number of carboxylic acids is 1. The number of aryl methyl sites for hydroxylation is 1. The quantitative estimate of drug-likeness (QED) is 0.803. The van der Waals surface area contributed by atoms with E-state index < -0.39 is 21.4 Å². The molecule has 0 aliphatic rings. The average Bonchev–Trinajstić information content (AvgIpc) is 2.39. The molecule has 1 rings (SSSR count). The summed E-state index contributed by atoms with van der Waals surface area (Å²) in [6.07, 6.45) is 0.696. The lowest BCUT2D eigenvalue weighted by Crippen LogP contribution is -2.42. The third kappa shape index (κ3) is 3.96. The third-order valence-electron chi connectivity index (χ3n) is 3.83. The van der Waals surface area contributed by atoms with Gasteiger partial charge < -0.3 is 5.11 Å². The molecule has 0 spiro atoms. The van der Waals surface area contributed by atoms with Gasteiger partial charge in [-0.1, -0.05) is 25.4 Å². The molecular formula is C14H20ClNO4S. The highest BCUT2D eigenvalue weighted by atomic mass is 35.5. The van der Waals surface area contributed by atoms with Gasteiger partial charge in [0, 0.05) is 11.6 Å². The van der Waals surface area contributed by atoms with Crippen molar-refractivity contribution in [2.75, 3.05) is 6.54 Å². The highest BCUT2D eigenvalue weighted by molar-refractivity contribution is 7.89. The standard InChI is InChI=1S/C14H20ClNO4S/c1-4-14(5-2,13(17)18)9-16-21(19,20)12-7-6-11(15)8-10(12)3/h6-8,16H,4-5,9H2,1-3H3,(H,17,18). The summed E-state index contributed by atoms with van der Waals surface area (Å²) < 4.78 is 27.0. The number of benzene rings is 1. The Morgan fingerprint density at radius 1 is 1.33 bits per heavy atom. The van der Waals surface area contributed by atoms with Crippen LogP contribution in [0.5, 0.6) is 0 Å². The van der Waals surface area contributed by atoms with Gasteiger partial charge in [0.2, 0.25) is 10.0 Å². The van der Waals surface area contributed by atoms with E-state index in [1.165, 1.54) is 12.1 Å². The average molecular weight is 334 g/mol. The molecule has 0 atom stereocenters.